The number of nitrogens with zero attached hydrogens (tertiary/aromatic N) is 3. The van der Waals surface area contributed by atoms with Crippen LogP contribution in [0.25, 0.3) is 5.65 Å². The van der Waals surface area contributed by atoms with E-state index in [-0.39, 0.29) is 5.69 Å². The van der Waals surface area contributed by atoms with Gasteiger partial charge in [-0.3, -0.25) is 4.79 Å². The maximum absolute atomic E-state index is 11.1. The van der Waals surface area contributed by atoms with Gasteiger partial charge in [0.2, 0.25) is 0 Å². The van der Waals surface area contributed by atoms with Gasteiger partial charge in [-0.05, 0) is 19.1 Å². The van der Waals surface area contributed by atoms with E-state index in [1.807, 2.05) is 13.0 Å². The Morgan fingerprint density at radius 3 is 2.93 bits per heavy atom. The number of amides is 1. The fourth-order valence-corrected chi connectivity index (χ4v) is 1.44. The van der Waals surface area contributed by atoms with Crippen LogP contribution in [0.15, 0.2) is 18.3 Å². The van der Waals surface area contributed by atoms with E-state index in [1.165, 1.54) is 0 Å². The van der Waals surface area contributed by atoms with Gasteiger partial charge in [-0.2, -0.15) is 5.26 Å². The van der Waals surface area contributed by atoms with Crippen LogP contribution < -0.4 is 5.73 Å². The lowest BCUT2D eigenvalue weighted by Gasteiger charge is -2.01. The molecule has 2 heterocycles. The van der Waals surface area contributed by atoms with Crippen molar-refractivity contribution >= 4 is 11.6 Å². The van der Waals surface area contributed by atoms with Crippen LogP contribution >= 0.6 is 0 Å². The smallest absolute Gasteiger partial charge is 0.252 e. The van der Waals surface area contributed by atoms with Crippen LogP contribution in [0.1, 0.15) is 21.7 Å². The molecule has 0 radical (unpaired) electrons. The topological polar surface area (TPSA) is 84.2 Å². The summed E-state index contributed by atoms with van der Waals surface area (Å²) in [5.74, 6) is -0.546. The number of fused-ring (bicyclic) bond motifs is 1. The van der Waals surface area contributed by atoms with Crippen LogP contribution in [0.2, 0.25) is 0 Å². The highest BCUT2D eigenvalue weighted by Crippen LogP contribution is 2.13. The Hall–Kier alpha value is -2.35. The number of pyridine rings is 1. The first-order valence-corrected chi connectivity index (χ1v) is 4.32. The summed E-state index contributed by atoms with van der Waals surface area (Å²) in [5, 5.41) is 8.72. The van der Waals surface area contributed by atoms with E-state index < -0.39 is 5.91 Å². The number of imidazole rings is 1. The van der Waals surface area contributed by atoms with Crippen LogP contribution in [0, 0.1) is 18.3 Å². The van der Waals surface area contributed by atoms with Gasteiger partial charge in [-0.15, -0.1) is 0 Å². The van der Waals surface area contributed by atoms with E-state index in [9.17, 15) is 4.79 Å². The second-order valence-electron chi connectivity index (χ2n) is 3.18. The van der Waals surface area contributed by atoms with Crippen molar-refractivity contribution in [3.05, 3.63) is 35.3 Å². The molecule has 0 aliphatic carbocycles. The monoisotopic (exact) mass is 200 g/mol. The molecule has 2 aromatic rings. The molecule has 0 aromatic carbocycles. The van der Waals surface area contributed by atoms with Crippen molar-refractivity contribution in [3.63, 3.8) is 0 Å². The predicted molar refractivity (Wildman–Crippen MR) is 53.2 cm³/mol. The average Bonchev–Trinajstić information content (AvgIpc) is 2.62. The largest absolute Gasteiger partial charge is 0.365 e. The summed E-state index contributed by atoms with van der Waals surface area (Å²) in [6.45, 7) is 1.86. The second-order valence-corrected chi connectivity index (χ2v) is 3.18. The molecule has 15 heavy (non-hydrogen) atoms. The number of aryl methyl sites for hydroxylation is 1. The van der Waals surface area contributed by atoms with E-state index in [4.69, 9.17) is 11.0 Å². The van der Waals surface area contributed by atoms with Crippen LogP contribution in [-0.2, 0) is 0 Å². The molecule has 0 saturated carbocycles. The number of carbonyl (C=O) groups excluding carboxylic acids is 1. The fraction of sp³-hybridized carbons (Fsp3) is 0.100. The normalized spacial score (nSPS) is 10.1. The summed E-state index contributed by atoms with van der Waals surface area (Å²) >= 11 is 0. The van der Waals surface area contributed by atoms with Gasteiger partial charge in [0.05, 0.1) is 5.56 Å². The molecule has 0 bridgehead atoms. The molecule has 2 aromatic heterocycles. The van der Waals surface area contributed by atoms with Gasteiger partial charge in [-0.1, -0.05) is 0 Å². The molecule has 0 spiro atoms. The Labute approximate surface area is 85.8 Å². The number of nitrogens with two attached hydrogens (primary N) is 1. The Kier molecular flexibility index (Phi) is 1.90. The molecule has 5 nitrogen and oxygen atoms in total. The van der Waals surface area contributed by atoms with E-state index >= 15 is 0 Å². The SMILES string of the molecule is Cc1ccc(C(N)=O)c2nc(C#N)cn12. The third-order valence-corrected chi connectivity index (χ3v) is 2.20. The molecular weight excluding hydrogens is 192 g/mol. The first-order chi connectivity index (χ1) is 7.13. The highest BCUT2D eigenvalue weighted by Gasteiger charge is 2.11. The highest BCUT2D eigenvalue weighted by molar-refractivity contribution is 5.98. The fourth-order valence-electron chi connectivity index (χ4n) is 1.44. The summed E-state index contributed by atoms with van der Waals surface area (Å²) in [6.07, 6.45) is 1.58. The lowest BCUT2D eigenvalue weighted by molar-refractivity contribution is 0.100. The van der Waals surface area contributed by atoms with E-state index in [2.05, 4.69) is 4.98 Å². The zero-order valence-corrected chi connectivity index (χ0v) is 8.06. The van der Waals surface area contributed by atoms with E-state index in [0.717, 1.165) is 5.69 Å². The van der Waals surface area contributed by atoms with Crippen LogP contribution in [0.3, 0.4) is 0 Å². The minimum Gasteiger partial charge on any atom is -0.365 e. The highest BCUT2D eigenvalue weighted by atomic mass is 16.1. The lowest BCUT2D eigenvalue weighted by atomic mass is 10.2. The van der Waals surface area contributed by atoms with Crippen LogP contribution in [-0.4, -0.2) is 15.3 Å². The average molecular weight is 200 g/mol. The van der Waals surface area contributed by atoms with Gasteiger partial charge in [-0.25, -0.2) is 4.98 Å². The van der Waals surface area contributed by atoms with Crippen LogP contribution in [0.4, 0.5) is 0 Å². The van der Waals surface area contributed by atoms with Gasteiger partial charge in [0, 0.05) is 11.9 Å². The summed E-state index contributed by atoms with van der Waals surface area (Å²) in [4.78, 5) is 15.1. The standard InChI is InChI=1S/C10H8N4O/c1-6-2-3-8(9(12)15)10-13-7(4-11)5-14(6)10/h2-3,5H,1H3,(H2,12,15). The Morgan fingerprint density at radius 1 is 1.60 bits per heavy atom. The molecule has 0 saturated heterocycles. The molecule has 2 N–H and O–H groups in total. The molecular formula is C10H8N4O. The maximum Gasteiger partial charge on any atom is 0.252 e. The molecule has 0 atom stereocenters. The minimum atomic E-state index is -0.546. The number of hydrogen-bond donors (Lipinski definition) is 1. The molecule has 2 rings (SSSR count). The van der Waals surface area contributed by atoms with Gasteiger partial charge in [0.1, 0.15) is 6.07 Å². The van der Waals surface area contributed by atoms with Crippen molar-refractivity contribution in [2.75, 3.05) is 0 Å². The Balaban J connectivity index is 2.87. The molecule has 0 aliphatic heterocycles. The minimum absolute atomic E-state index is 0.270. The van der Waals surface area contributed by atoms with Crippen molar-refractivity contribution in [1.82, 2.24) is 9.38 Å². The summed E-state index contributed by atoms with van der Waals surface area (Å²) < 4.78 is 1.68. The van der Waals surface area contributed by atoms with Crippen molar-refractivity contribution in [3.8, 4) is 6.07 Å². The van der Waals surface area contributed by atoms with Gasteiger partial charge in [0.25, 0.3) is 5.91 Å². The summed E-state index contributed by atoms with van der Waals surface area (Å²) in [7, 11) is 0. The lowest BCUT2D eigenvalue weighted by Crippen LogP contribution is -2.13. The molecule has 0 fully saturated rings. The third kappa shape index (κ3) is 1.32. The number of carbonyl (C=O) groups is 1. The van der Waals surface area contributed by atoms with E-state index in [0.29, 0.717) is 11.2 Å². The van der Waals surface area contributed by atoms with Crippen molar-refractivity contribution in [1.29, 1.82) is 5.26 Å². The summed E-state index contributed by atoms with van der Waals surface area (Å²) in [5.41, 5.74) is 7.12. The molecule has 0 unspecified atom stereocenters. The molecule has 0 aliphatic rings. The Morgan fingerprint density at radius 2 is 2.33 bits per heavy atom. The third-order valence-electron chi connectivity index (χ3n) is 2.20. The first kappa shape index (κ1) is 9.21. The Bertz CT molecular complexity index is 591. The predicted octanol–water partition coefficient (Wildman–Crippen LogP) is 0.613. The van der Waals surface area contributed by atoms with Crippen molar-refractivity contribution in [2.45, 2.75) is 6.92 Å². The van der Waals surface area contributed by atoms with E-state index in [1.54, 1.807) is 22.7 Å². The number of nitriles is 1. The first-order valence-electron chi connectivity index (χ1n) is 4.32. The van der Waals surface area contributed by atoms with Crippen LogP contribution in [0.5, 0.6) is 0 Å². The van der Waals surface area contributed by atoms with Gasteiger partial charge in [0.15, 0.2) is 11.3 Å². The maximum atomic E-state index is 11.1. The second kappa shape index (κ2) is 3.10. The zero-order chi connectivity index (χ0) is 11.0. The zero-order valence-electron chi connectivity index (χ0n) is 8.06. The van der Waals surface area contributed by atoms with Crippen molar-refractivity contribution < 1.29 is 4.79 Å². The van der Waals surface area contributed by atoms with Gasteiger partial charge >= 0.3 is 0 Å². The number of rotatable bonds is 1. The quantitative estimate of drug-likeness (QED) is 0.732. The molecule has 74 valence electrons. The van der Waals surface area contributed by atoms with Gasteiger partial charge < -0.3 is 10.1 Å². The number of hydrogen-bond acceptors (Lipinski definition) is 3. The van der Waals surface area contributed by atoms with Crippen molar-refractivity contribution in [2.24, 2.45) is 5.73 Å². The summed E-state index contributed by atoms with van der Waals surface area (Å²) in [6, 6.07) is 5.30. The number of aromatic nitrogens is 2. The molecule has 5 heteroatoms. The molecule has 1 amide bonds. The number of primary amides is 1.